The molecule has 7 heteroatoms. The Morgan fingerprint density at radius 3 is 2.74 bits per heavy atom. The third-order valence-electron chi connectivity index (χ3n) is 4.31. The van der Waals surface area contributed by atoms with Gasteiger partial charge in [0.2, 0.25) is 0 Å². The number of benzene rings is 1. The van der Waals surface area contributed by atoms with E-state index in [0.717, 1.165) is 41.7 Å². The van der Waals surface area contributed by atoms with Gasteiger partial charge in [-0.1, -0.05) is 22.0 Å². The molecule has 1 saturated heterocycles. The molecule has 1 aliphatic heterocycles. The van der Waals surface area contributed by atoms with Gasteiger partial charge in [0.15, 0.2) is 0 Å². The molecule has 1 fully saturated rings. The largest absolute Gasteiger partial charge is 0.324 e. The molecule has 1 aliphatic rings. The molecule has 0 saturated carbocycles. The van der Waals surface area contributed by atoms with Crippen molar-refractivity contribution < 1.29 is 4.79 Å². The van der Waals surface area contributed by atoms with Crippen LogP contribution in [0.4, 0.5) is 5.69 Å². The first-order chi connectivity index (χ1) is 10.6. The van der Waals surface area contributed by atoms with E-state index in [-0.39, 0.29) is 18.3 Å². The molecule has 1 aromatic carbocycles. The molecule has 3 rings (SSSR count). The standard InChI is InChI=1S/C16H19BrN4O.ClH/c1-12-13(17)4-2-5-14(12)20-15(22)16(6-9-18-10-7-16)21-11-3-8-19-21;/h2-5,8,11,18H,6-7,9-10H2,1H3,(H,20,22);1H. The summed E-state index contributed by atoms with van der Waals surface area (Å²) < 4.78 is 2.79. The molecule has 0 atom stereocenters. The number of aromatic nitrogens is 2. The van der Waals surface area contributed by atoms with Crippen molar-refractivity contribution in [2.24, 2.45) is 0 Å². The fourth-order valence-corrected chi connectivity index (χ4v) is 3.27. The number of carbonyl (C=O) groups is 1. The van der Waals surface area contributed by atoms with E-state index in [0.29, 0.717) is 0 Å². The first-order valence-corrected chi connectivity index (χ1v) is 8.20. The maximum absolute atomic E-state index is 13.0. The Labute approximate surface area is 150 Å². The molecular formula is C16H20BrClN4O. The van der Waals surface area contributed by atoms with Crippen LogP contribution in [0.15, 0.2) is 41.1 Å². The van der Waals surface area contributed by atoms with Crippen LogP contribution in [-0.2, 0) is 10.3 Å². The Morgan fingerprint density at radius 1 is 1.35 bits per heavy atom. The van der Waals surface area contributed by atoms with Crippen molar-refractivity contribution in [3.63, 3.8) is 0 Å². The summed E-state index contributed by atoms with van der Waals surface area (Å²) in [6, 6.07) is 7.69. The lowest BCUT2D eigenvalue weighted by atomic mass is 9.87. The Hall–Kier alpha value is -1.37. The quantitative estimate of drug-likeness (QED) is 0.834. The van der Waals surface area contributed by atoms with Gasteiger partial charge in [0, 0.05) is 22.6 Å². The van der Waals surface area contributed by atoms with Crippen molar-refractivity contribution >= 4 is 39.9 Å². The van der Waals surface area contributed by atoms with E-state index in [4.69, 9.17) is 0 Å². The Kier molecular flexibility index (Phi) is 5.84. The molecule has 2 aromatic rings. The summed E-state index contributed by atoms with van der Waals surface area (Å²) in [6.07, 6.45) is 5.06. The Morgan fingerprint density at radius 2 is 2.09 bits per heavy atom. The topological polar surface area (TPSA) is 59.0 Å². The highest BCUT2D eigenvalue weighted by molar-refractivity contribution is 9.10. The van der Waals surface area contributed by atoms with Gasteiger partial charge in [-0.15, -0.1) is 12.4 Å². The number of hydrogen-bond acceptors (Lipinski definition) is 3. The van der Waals surface area contributed by atoms with Crippen LogP contribution < -0.4 is 10.6 Å². The first kappa shape index (κ1) is 18.0. The van der Waals surface area contributed by atoms with Gasteiger partial charge in [-0.05, 0) is 56.6 Å². The van der Waals surface area contributed by atoms with E-state index < -0.39 is 5.54 Å². The molecule has 5 nitrogen and oxygen atoms in total. The lowest BCUT2D eigenvalue weighted by Crippen LogP contribution is -2.52. The minimum Gasteiger partial charge on any atom is -0.324 e. The Balaban J connectivity index is 0.00000192. The van der Waals surface area contributed by atoms with Gasteiger partial charge in [0.1, 0.15) is 5.54 Å². The average Bonchev–Trinajstić information content (AvgIpc) is 3.07. The minimum atomic E-state index is -0.622. The number of nitrogens with zero attached hydrogens (tertiary/aromatic N) is 2. The number of anilines is 1. The molecule has 124 valence electrons. The van der Waals surface area contributed by atoms with Crippen LogP contribution in [0, 0.1) is 6.92 Å². The molecule has 23 heavy (non-hydrogen) atoms. The molecule has 0 unspecified atom stereocenters. The minimum absolute atomic E-state index is 0. The van der Waals surface area contributed by atoms with E-state index in [1.165, 1.54) is 0 Å². The highest BCUT2D eigenvalue weighted by atomic mass is 79.9. The maximum atomic E-state index is 13.0. The molecule has 2 N–H and O–H groups in total. The molecule has 0 aliphatic carbocycles. The summed E-state index contributed by atoms with van der Waals surface area (Å²) in [5.74, 6) is -0.00102. The number of amides is 1. The second-order valence-corrected chi connectivity index (χ2v) is 6.45. The zero-order chi connectivity index (χ0) is 15.6. The van der Waals surface area contributed by atoms with Crippen LogP contribution in [0.25, 0.3) is 0 Å². The summed E-state index contributed by atoms with van der Waals surface area (Å²) >= 11 is 3.51. The maximum Gasteiger partial charge on any atom is 0.252 e. The monoisotopic (exact) mass is 398 g/mol. The third kappa shape index (κ3) is 3.44. The average molecular weight is 400 g/mol. The summed E-state index contributed by atoms with van der Waals surface area (Å²) in [5.41, 5.74) is 1.24. The molecule has 2 heterocycles. The van der Waals surface area contributed by atoms with E-state index >= 15 is 0 Å². The van der Waals surface area contributed by atoms with Gasteiger partial charge in [0.25, 0.3) is 5.91 Å². The van der Waals surface area contributed by atoms with E-state index in [1.54, 1.807) is 10.9 Å². The Bertz CT molecular complexity index is 669. The van der Waals surface area contributed by atoms with Crippen LogP contribution in [0.1, 0.15) is 18.4 Å². The van der Waals surface area contributed by atoms with Crippen molar-refractivity contribution in [1.29, 1.82) is 0 Å². The number of piperidine rings is 1. The number of rotatable bonds is 3. The lowest BCUT2D eigenvalue weighted by molar-refractivity contribution is -0.126. The van der Waals surface area contributed by atoms with Crippen molar-refractivity contribution in [3.8, 4) is 0 Å². The number of nitrogens with one attached hydrogen (secondary N) is 2. The summed E-state index contributed by atoms with van der Waals surface area (Å²) in [7, 11) is 0. The summed E-state index contributed by atoms with van der Waals surface area (Å²) in [5, 5.41) is 10.7. The van der Waals surface area contributed by atoms with Gasteiger partial charge in [-0.3, -0.25) is 9.48 Å². The fourth-order valence-electron chi connectivity index (χ4n) is 2.90. The van der Waals surface area contributed by atoms with Gasteiger partial charge < -0.3 is 10.6 Å². The normalized spacial score (nSPS) is 16.4. The highest BCUT2D eigenvalue weighted by Crippen LogP contribution is 2.30. The van der Waals surface area contributed by atoms with Crippen LogP contribution in [0.5, 0.6) is 0 Å². The summed E-state index contributed by atoms with van der Waals surface area (Å²) in [6.45, 7) is 3.61. The zero-order valence-corrected chi connectivity index (χ0v) is 15.3. The van der Waals surface area contributed by atoms with Crippen molar-refractivity contribution in [3.05, 3.63) is 46.7 Å². The lowest BCUT2D eigenvalue weighted by Gasteiger charge is -2.36. The van der Waals surface area contributed by atoms with E-state index in [9.17, 15) is 4.79 Å². The fraction of sp³-hybridized carbons (Fsp3) is 0.375. The molecule has 0 radical (unpaired) electrons. The van der Waals surface area contributed by atoms with Gasteiger partial charge in [-0.2, -0.15) is 5.10 Å². The van der Waals surface area contributed by atoms with Crippen molar-refractivity contribution in [2.75, 3.05) is 18.4 Å². The van der Waals surface area contributed by atoms with Crippen LogP contribution in [0.3, 0.4) is 0 Å². The number of hydrogen-bond donors (Lipinski definition) is 2. The van der Waals surface area contributed by atoms with Gasteiger partial charge in [-0.25, -0.2) is 0 Å². The predicted octanol–water partition coefficient (Wildman–Crippen LogP) is 3.09. The number of halogens is 2. The number of carbonyl (C=O) groups excluding carboxylic acids is 1. The van der Waals surface area contributed by atoms with Crippen LogP contribution >= 0.6 is 28.3 Å². The third-order valence-corrected chi connectivity index (χ3v) is 5.17. The SMILES string of the molecule is Cc1c(Br)cccc1NC(=O)C1(n2cccn2)CCNCC1.Cl. The second kappa shape index (κ2) is 7.47. The second-order valence-electron chi connectivity index (χ2n) is 5.60. The highest BCUT2D eigenvalue weighted by Gasteiger charge is 2.42. The first-order valence-electron chi connectivity index (χ1n) is 7.41. The zero-order valence-electron chi connectivity index (χ0n) is 12.9. The molecule has 0 bridgehead atoms. The van der Waals surface area contributed by atoms with Crippen LogP contribution in [-0.4, -0.2) is 28.8 Å². The van der Waals surface area contributed by atoms with Crippen molar-refractivity contribution in [1.82, 2.24) is 15.1 Å². The molecule has 1 amide bonds. The van der Waals surface area contributed by atoms with E-state index in [2.05, 4.69) is 31.7 Å². The van der Waals surface area contributed by atoms with Gasteiger partial charge in [0.05, 0.1) is 0 Å². The molecule has 0 spiro atoms. The smallest absolute Gasteiger partial charge is 0.252 e. The molecular weight excluding hydrogens is 380 g/mol. The van der Waals surface area contributed by atoms with Crippen LogP contribution in [0.2, 0.25) is 0 Å². The predicted molar refractivity (Wildman–Crippen MR) is 97.1 cm³/mol. The summed E-state index contributed by atoms with van der Waals surface area (Å²) in [4.78, 5) is 13.0. The van der Waals surface area contributed by atoms with E-state index in [1.807, 2.05) is 37.4 Å². The molecule has 1 aromatic heterocycles. The van der Waals surface area contributed by atoms with Gasteiger partial charge >= 0.3 is 0 Å². The van der Waals surface area contributed by atoms with Crippen molar-refractivity contribution in [2.45, 2.75) is 25.3 Å².